The maximum Gasteiger partial charge on any atom is 0.255 e. The van der Waals surface area contributed by atoms with Crippen molar-refractivity contribution in [2.24, 2.45) is 0 Å². The average Bonchev–Trinajstić information content (AvgIpc) is 3.07. The molecule has 0 saturated carbocycles. The Labute approximate surface area is 145 Å². The van der Waals surface area contributed by atoms with E-state index >= 15 is 0 Å². The molecule has 0 spiro atoms. The molecule has 0 aliphatic heterocycles. The van der Waals surface area contributed by atoms with Gasteiger partial charge >= 0.3 is 0 Å². The molecule has 25 heavy (non-hydrogen) atoms. The molecule has 0 aliphatic carbocycles. The molecule has 0 unspecified atom stereocenters. The lowest BCUT2D eigenvalue weighted by Crippen LogP contribution is -2.23. The van der Waals surface area contributed by atoms with Crippen LogP contribution in [-0.2, 0) is 6.54 Å². The highest BCUT2D eigenvalue weighted by Gasteiger charge is 2.17. The first-order chi connectivity index (χ1) is 12.2. The number of nitrogens with zero attached hydrogens (tertiary/aromatic N) is 2. The van der Waals surface area contributed by atoms with Crippen molar-refractivity contribution >= 4 is 11.6 Å². The maximum atomic E-state index is 12.6. The van der Waals surface area contributed by atoms with Gasteiger partial charge in [-0.2, -0.15) is 0 Å². The number of hydrogen-bond acceptors (Lipinski definition) is 5. The van der Waals surface area contributed by atoms with E-state index in [9.17, 15) is 4.79 Å². The Balaban J connectivity index is 1.80. The largest absolute Gasteiger partial charge is 0.496 e. The van der Waals surface area contributed by atoms with Gasteiger partial charge in [0.2, 0.25) is 0 Å². The fraction of sp³-hybridized carbons (Fsp3) is 0.222. The van der Waals surface area contributed by atoms with Crippen LogP contribution in [0.3, 0.4) is 0 Å². The van der Waals surface area contributed by atoms with E-state index in [4.69, 9.17) is 14.2 Å². The van der Waals surface area contributed by atoms with Crippen molar-refractivity contribution in [3.8, 4) is 17.2 Å². The van der Waals surface area contributed by atoms with Crippen LogP contribution in [0.25, 0.3) is 5.65 Å². The quantitative estimate of drug-likeness (QED) is 0.745. The van der Waals surface area contributed by atoms with E-state index in [1.807, 2.05) is 35.0 Å². The van der Waals surface area contributed by atoms with Gasteiger partial charge in [0.05, 0.1) is 39.1 Å². The summed E-state index contributed by atoms with van der Waals surface area (Å²) in [6.45, 7) is 0.304. The summed E-state index contributed by atoms with van der Waals surface area (Å²) in [6.07, 6.45) is 3.78. The van der Waals surface area contributed by atoms with Gasteiger partial charge in [-0.3, -0.25) is 4.79 Å². The number of methoxy groups -OCH3 is 3. The molecule has 0 atom stereocenters. The van der Waals surface area contributed by atoms with Crippen molar-refractivity contribution in [1.82, 2.24) is 14.7 Å². The third-order valence-corrected chi connectivity index (χ3v) is 3.79. The van der Waals surface area contributed by atoms with Crippen LogP contribution in [0, 0.1) is 0 Å². The Hall–Kier alpha value is -3.22. The molecule has 3 aromatic rings. The minimum absolute atomic E-state index is 0.283. The molecule has 2 heterocycles. The van der Waals surface area contributed by atoms with Crippen molar-refractivity contribution in [2.45, 2.75) is 6.54 Å². The zero-order valence-corrected chi connectivity index (χ0v) is 14.3. The van der Waals surface area contributed by atoms with Crippen LogP contribution in [-0.4, -0.2) is 36.6 Å². The fourth-order valence-electron chi connectivity index (χ4n) is 2.55. The van der Waals surface area contributed by atoms with E-state index in [2.05, 4.69) is 10.3 Å². The van der Waals surface area contributed by atoms with Crippen LogP contribution < -0.4 is 19.5 Å². The number of aromatic nitrogens is 2. The van der Waals surface area contributed by atoms with E-state index in [-0.39, 0.29) is 5.91 Å². The highest BCUT2D eigenvalue weighted by Crippen LogP contribution is 2.34. The molecule has 7 heteroatoms. The smallest absolute Gasteiger partial charge is 0.255 e. The molecule has 1 amide bonds. The molecule has 2 aromatic heterocycles. The van der Waals surface area contributed by atoms with E-state index in [1.54, 1.807) is 12.1 Å². The van der Waals surface area contributed by atoms with Crippen LogP contribution in [0.4, 0.5) is 0 Å². The lowest BCUT2D eigenvalue weighted by atomic mass is 10.1. The number of ether oxygens (including phenoxy) is 3. The number of fused-ring (bicyclic) bond motifs is 1. The van der Waals surface area contributed by atoms with E-state index in [1.165, 1.54) is 21.3 Å². The lowest BCUT2D eigenvalue weighted by molar-refractivity contribution is 0.0947. The third-order valence-electron chi connectivity index (χ3n) is 3.79. The number of rotatable bonds is 6. The Bertz CT molecular complexity index is 871. The Morgan fingerprint density at radius 1 is 1.08 bits per heavy atom. The monoisotopic (exact) mass is 341 g/mol. The first-order valence-electron chi connectivity index (χ1n) is 7.67. The molecule has 130 valence electrons. The summed E-state index contributed by atoms with van der Waals surface area (Å²) in [5, 5.41) is 2.85. The summed E-state index contributed by atoms with van der Waals surface area (Å²) >= 11 is 0. The van der Waals surface area contributed by atoms with E-state index in [0.29, 0.717) is 29.4 Å². The number of amides is 1. The number of carbonyl (C=O) groups is 1. The summed E-state index contributed by atoms with van der Waals surface area (Å²) in [6, 6.07) is 8.96. The van der Waals surface area contributed by atoms with Crippen LogP contribution in [0.5, 0.6) is 17.2 Å². The highest BCUT2D eigenvalue weighted by molar-refractivity contribution is 5.97. The Morgan fingerprint density at radius 2 is 1.80 bits per heavy atom. The first kappa shape index (κ1) is 16.6. The molecule has 0 saturated heterocycles. The van der Waals surface area contributed by atoms with Gasteiger partial charge in [0.25, 0.3) is 5.91 Å². The molecular weight excluding hydrogens is 322 g/mol. The van der Waals surface area contributed by atoms with Crippen molar-refractivity contribution in [2.75, 3.05) is 21.3 Å². The molecular formula is C18H19N3O4. The fourth-order valence-corrected chi connectivity index (χ4v) is 2.55. The number of pyridine rings is 1. The number of imidazole rings is 1. The summed E-state index contributed by atoms with van der Waals surface area (Å²) in [7, 11) is 4.54. The zero-order valence-electron chi connectivity index (χ0n) is 14.3. The van der Waals surface area contributed by atoms with Gasteiger partial charge in [0, 0.05) is 24.5 Å². The van der Waals surface area contributed by atoms with Crippen LogP contribution in [0.1, 0.15) is 16.1 Å². The van der Waals surface area contributed by atoms with Crippen molar-refractivity contribution in [1.29, 1.82) is 0 Å². The molecule has 0 aliphatic rings. The van der Waals surface area contributed by atoms with Gasteiger partial charge in [0.1, 0.15) is 11.4 Å². The number of benzene rings is 1. The van der Waals surface area contributed by atoms with Gasteiger partial charge < -0.3 is 23.9 Å². The number of hydrogen-bond donors (Lipinski definition) is 1. The first-order valence-corrected chi connectivity index (χ1v) is 7.67. The predicted molar refractivity (Wildman–Crippen MR) is 92.5 cm³/mol. The number of carbonyl (C=O) groups excluding carboxylic acids is 1. The predicted octanol–water partition coefficient (Wildman–Crippen LogP) is 2.29. The van der Waals surface area contributed by atoms with E-state index < -0.39 is 0 Å². The van der Waals surface area contributed by atoms with Gasteiger partial charge in [-0.25, -0.2) is 4.98 Å². The molecule has 0 radical (unpaired) electrons. The average molecular weight is 341 g/mol. The van der Waals surface area contributed by atoms with Gasteiger partial charge in [-0.05, 0) is 12.1 Å². The molecule has 1 N–H and O–H groups in total. The van der Waals surface area contributed by atoms with Crippen molar-refractivity contribution < 1.29 is 19.0 Å². The second-order valence-electron chi connectivity index (χ2n) is 5.29. The minimum atomic E-state index is -0.283. The van der Waals surface area contributed by atoms with Crippen LogP contribution in [0.2, 0.25) is 0 Å². The maximum absolute atomic E-state index is 12.6. The van der Waals surface area contributed by atoms with Crippen LogP contribution >= 0.6 is 0 Å². The van der Waals surface area contributed by atoms with Gasteiger partial charge in [0.15, 0.2) is 11.5 Å². The highest BCUT2D eigenvalue weighted by atomic mass is 16.5. The second kappa shape index (κ2) is 7.12. The minimum Gasteiger partial charge on any atom is -0.496 e. The van der Waals surface area contributed by atoms with Gasteiger partial charge in [-0.1, -0.05) is 6.07 Å². The molecule has 0 bridgehead atoms. The normalized spacial score (nSPS) is 10.5. The topological polar surface area (TPSA) is 74.1 Å². The second-order valence-corrected chi connectivity index (χ2v) is 5.29. The van der Waals surface area contributed by atoms with Gasteiger partial charge in [-0.15, -0.1) is 0 Å². The summed E-state index contributed by atoms with van der Waals surface area (Å²) in [5.41, 5.74) is 1.96. The summed E-state index contributed by atoms with van der Waals surface area (Å²) in [4.78, 5) is 17.0. The summed E-state index contributed by atoms with van der Waals surface area (Å²) in [5.74, 6) is 1.08. The molecule has 3 rings (SSSR count). The Morgan fingerprint density at radius 3 is 2.48 bits per heavy atom. The lowest BCUT2D eigenvalue weighted by Gasteiger charge is -2.13. The third kappa shape index (κ3) is 3.35. The molecule has 1 aromatic carbocycles. The SMILES string of the molecule is COc1cc(OC)c(C(=O)NCc2cn3ccccc3n2)cc1OC. The van der Waals surface area contributed by atoms with Crippen molar-refractivity contribution in [3.63, 3.8) is 0 Å². The Kier molecular flexibility index (Phi) is 4.74. The standard InChI is InChI=1S/C18H19N3O4/c1-23-14-9-16(25-3)15(24-2)8-13(14)18(22)19-10-12-11-21-7-5-4-6-17(21)20-12/h4-9,11H,10H2,1-3H3,(H,19,22). The molecule has 7 nitrogen and oxygen atoms in total. The van der Waals surface area contributed by atoms with E-state index in [0.717, 1.165) is 11.3 Å². The molecule has 0 fully saturated rings. The summed E-state index contributed by atoms with van der Waals surface area (Å²) < 4.78 is 17.7. The number of nitrogens with one attached hydrogen (secondary N) is 1. The zero-order chi connectivity index (χ0) is 17.8. The van der Waals surface area contributed by atoms with Crippen LogP contribution in [0.15, 0.2) is 42.7 Å². The van der Waals surface area contributed by atoms with Crippen molar-refractivity contribution in [3.05, 3.63) is 54.0 Å².